The van der Waals surface area contributed by atoms with Crippen molar-refractivity contribution in [3.05, 3.63) is 71.8 Å². The van der Waals surface area contributed by atoms with E-state index in [9.17, 15) is 9.90 Å². The van der Waals surface area contributed by atoms with Crippen molar-refractivity contribution in [1.29, 1.82) is 0 Å². The molecule has 1 unspecified atom stereocenters. The SMILES string of the molecule is O=C(O)[C@@H]1[C@H](C2COC2)N1C(c1ccccc1)c1ccccc1. The fourth-order valence-corrected chi connectivity index (χ4v) is 3.63. The van der Waals surface area contributed by atoms with Gasteiger partial charge in [-0.15, -0.1) is 0 Å². The Hall–Kier alpha value is -2.17. The van der Waals surface area contributed by atoms with Crippen molar-refractivity contribution in [2.75, 3.05) is 13.2 Å². The molecule has 4 nitrogen and oxygen atoms in total. The molecule has 2 aliphatic heterocycles. The second-order valence-electron chi connectivity index (χ2n) is 6.24. The Bertz CT molecular complexity index is 645. The van der Waals surface area contributed by atoms with Crippen molar-refractivity contribution >= 4 is 5.97 Å². The number of aliphatic carboxylic acids is 1. The first-order valence-electron chi connectivity index (χ1n) is 7.95. The third-order valence-electron chi connectivity index (χ3n) is 4.83. The Kier molecular flexibility index (Phi) is 3.63. The summed E-state index contributed by atoms with van der Waals surface area (Å²) in [7, 11) is 0. The Balaban J connectivity index is 1.72. The third-order valence-corrected chi connectivity index (χ3v) is 4.83. The van der Waals surface area contributed by atoms with Gasteiger partial charge in [-0.2, -0.15) is 0 Å². The van der Waals surface area contributed by atoms with Crippen LogP contribution in [-0.2, 0) is 9.53 Å². The molecule has 0 aliphatic carbocycles. The average Bonchev–Trinajstić information content (AvgIpc) is 3.23. The minimum absolute atomic E-state index is 0.0240. The molecule has 118 valence electrons. The molecule has 0 bridgehead atoms. The molecule has 2 aliphatic rings. The van der Waals surface area contributed by atoms with E-state index in [2.05, 4.69) is 29.2 Å². The van der Waals surface area contributed by atoms with Gasteiger partial charge < -0.3 is 9.84 Å². The summed E-state index contributed by atoms with van der Waals surface area (Å²) in [6.07, 6.45) is 0. The smallest absolute Gasteiger partial charge is 0.322 e. The number of nitrogens with zero attached hydrogens (tertiary/aromatic N) is 1. The molecule has 2 aromatic rings. The first kappa shape index (κ1) is 14.4. The summed E-state index contributed by atoms with van der Waals surface area (Å²) in [5.74, 6) is -0.412. The van der Waals surface area contributed by atoms with E-state index in [1.807, 2.05) is 36.4 Å². The molecule has 4 rings (SSSR count). The zero-order valence-electron chi connectivity index (χ0n) is 12.7. The average molecular weight is 309 g/mol. The van der Waals surface area contributed by atoms with Gasteiger partial charge in [0.2, 0.25) is 0 Å². The molecule has 0 amide bonds. The maximum absolute atomic E-state index is 11.7. The quantitative estimate of drug-likeness (QED) is 0.863. The number of ether oxygens (including phenoxy) is 1. The van der Waals surface area contributed by atoms with Crippen LogP contribution in [0, 0.1) is 5.92 Å². The van der Waals surface area contributed by atoms with Crippen LogP contribution in [0.5, 0.6) is 0 Å². The van der Waals surface area contributed by atoms with E-state index in [-0.39, 0.29) is 12.1 Å². The number of benzene rings is 2. The second kappa shape index (κ2) is 5.80. The first-order valence-corrected chi connectivity index (χ1v) is 7.95. The van der Waals surface area contributed by atoms with Crippen molar-refractivity contribution in [1.82, 2.24) is 4.90 Å². The van der Waals surface area contributed by atoms with E-state index in [4.69, 9.17) is 4.74 Å². The largest absolute Gasteiger partial charge is 0.480 e. The van der Waals surface area contributed by atoms with E-state index in [0.29, 0.717) is 19.1 Å². The molecule has 0 radical (unpaired) electrons. The van der Waals surface area contributed by atoms with Crippen LogP contribution < -0.4 is 0 Å². The van der Waals surface area contributed by atoms with Crippen molar-refractivity contribution in [2.45, 2.75) is 18.1 Å². The highest BCUT2D eigenvalue weighted by atomic mass is 16.5. The predicted octanol–water partition coefficient (Wildman–Crippen LogP) is 2.56. The molecule has 0 spiro atoms. The van der Waals surface area contributed by atoms with Crippen molar-refractivity contribution in [3.8, 4) is 0 Å². The lowest BCUT2D eigenvalue weighted by molar-refractivity contribution is -0.137. The third kappa shape index (κ3) is 2.54. The van der Waals surface area contributed by atoms with E-state index in [1.165, 1.54) is 0 Å². The Morgan fingerprint density at radius 2 is 1.52 bits per heavy atom. The minimum Gasteiger partial charge on any atom is -0.480 e. The monoisotopic (exact) mass is 309 g/mol. The van der Waals surface area contributed by atoms with Crippen LogP contribution in [0.1, 0.15) is 17.2 Å². The first-order chi connectivity index (χ1) is 11.3. The fourth-order valence-electron chi connectivity index (χ4n) is 3.63. The number of carboxylic acids is 1. The summed E-state index contributed by atoms with van der Waals surface area (Å²) in [4.78, 5) is 13.8. The number of hydrogen-bond acceptors (Lipinski definition) is 3. The summed E-state index contributed by atoms with van der Waals surface area (Å²) in [5.41, 5.74) is 2.26. The molecule has 4 heteroatoms. The van der Waals surface area contributed by atoms with Crippen LogP contribution in [0.15, 0.2) is 60.7 Å². The Morgan fingerprint density at radius 3 is 1.91 bits per heavy atom. The van der Waals surface area contributed by atoms with Gasteiger partial charge in [0.15, 0.2) is 0 Å². The summed E-state index contributed by atoms with van der Waals surface area (Å²) in [6, 6.07) is 19.9. The lowest BCUT2D eigenvalue weighted by Crippen LogP contribution is -2.35. The normalized spacial score (nSPS) is 26.7. The van der Waals surface area contributed by atoms with Gasteiger partial charge in [-0.05, 0) is 11.1 Å². The van der Waals surface area contributed by atoms with Crippen LogP contribution in [0.3, 0.4) is 0 Å². The molecule has 2 fully saturated rings. The summed E-state index contributed by atoms with van der Waals surface area (Å²) >= 11 is 0. The zero-order valence-corrected chi connectivity index (χ0v) is 12.7. The van der Waals surface area contributed by atoms with Crippen LogP contribution in [0.25, 0.3) is 0 Å². The lowest BCUT2D eigenvalue weighted by Gasteiger charge is -2.28. The molecule has 23 heavy (non-hydrogen) atoms. The number of hydrogen-bond donors (Lipinski definition) is 1. The van der Waals surface area contributed by atoms with Gasteiger partial charge in [-0.25, -0.2) is 0 Å². The second-order valence-corrected chi connectivity index (χ2v) is 6.24. The van der Waals surface area contributed by atoms with Crippen molar-refractivity contribution in [2.24, 2.45) is 5.92 Å². The van der Waals surface area contributed by atoms with Crippen LogP contribution in [0.2, 0.25) is 0 Å². The number of rotatable bonds is 5. The van der Waals surface area contributed by atoms with E-state index < -0.39 is 12.0 Å². The number of carbonyl (C=O) groups is 1. The standard InChI is InChI=1S/C19H19NO3/c21-19(22)18-17(15-11-23-12-15)20(18)16(13-7-3-1-4-8-13)14-9-5-2-6-10-14/h1-10,15-18H,11-12H2,(H,21,22)/t17-,18-,20?/m0/s1. The van der Waals surface area contributed by atoms with E-state index in [1.54, 1.807) is 0 Å². The molecule has 0 saturated carbocycles. The summed E-state index contributed by atoms with van der Waals surface area (Å²) in [5, 5.41) is 9.62. The summed E-state index contributed by atoms with van der Waals surface area (Å²) < 4.78 is 5.28. The molecule has 1 N–H and O–H groups in total. The van der Waals surface area contributed by atoms with Gasteiger partial charge in [0.1, 0.15) is 6.04 Å². The Labute approximate surface area is 135 Å². The van der Waals surface area contributed by atoms with Gasteiger partial charge in [-0.1, -0.05) is 60.7 Å². The van der Waals surface area contributed by atoms with Crippen LogP contribution in [-0.4, -0.2) is 41.3 Å². The lowest BCUT2D eigenvalue weighted by atomic mass is 9.97. The van der Waals surface area contributed by atoms with E-state index >= 15 is 0 Å². The highest BCUT2D eigenvalue weighted by Crippen LogP contribution is 2.47. The Morgan fingerprint density at radius 1 is 1.00 bits per heavy atom. The van der Waals surface area contributed by atoms with Gasteiger partial charge in [0.05, 0.1) is 19.3 Å². The molecule has 2 saturated heterocycles. The molecular formula is C19H19NO3. The maximum Gasteiger partial charge on any atom is 0.322 e. The van der Waals surface area contributed by atoms with Crippen molar-refractivity contribution in [3.63, 3.8) is 0 Å². The number of carboxylic acid groups (broad SMARTS) is 1. The summed E-state index contributed by atoms with van der Waals surface area (Å²) in [6.45, 7) is 1.34. The fraction of sp³-hybridized carbons (Fsp3) is 0.316. The highest BCUT2D eigenvalue weighted by Gasteiger charge is 2.60. The molecule has 2 heterocycles. The molecule has 2 aromatic carbocycles. The minimum atomic E-state index is -0.737. The zero-order chi connectivity index (χ0) is 15.8. The van der Waals surface area contributed by atoms with Crippen LogP contribution >= 0.6 is 0 Å². The van der Waals surface area contributed by atoms with Crippen molar-refractivity contribution < 1.29 is 14.6 Å². The van der Waals surface area contributed by atoms with Gasteiger partial charge in [0, 0.05) is 12.0 Å². The molecular weight excluding hydrogens is 290 g/mol. The van der Waals surface area contributed by atoms with E-state index in [0.717, 1.165) is 11.1 Å². The van der Waals surface area contributed by atoms with Crippen LogP contribution in [0.4, 0.5) is 0 Å². The highest BCUT2D eigenvalue weighted by molar-refractivity contribution is 5.78. The molecule has 0 aromatic heterocycles. The van der Waals surface area contributed by atoms with Gasteiger partial charge in [-0.3, -0.25) is 9.69 Å². The van der Waals surface area contributed by atoms with Gasteiger partial charge in [0.25, 0.3) is 0 Å². The topological polar surface area (TPSA) is 49.5 Å². The maximum atomic E-state index is 11.7. The molecule has 3 atom stereocenters. The van der Waals surface area contributed by atoms with Gasteiger partial charge >= 0.3 is 5.97 Å². The predicted molar refractivity (Wildman–Crippen MR) is 86.1 cm³/mol.